The lowest BCUT2D eigenvalue weighted by Gasteiger charge is -2.11. The highest BCUT2D eigenvalue weighted by Crippen LogP contribution is 2.32. The van der Waals surface area contributed by atoms with Crippen LogP contribution in [-0.2, 0) is 4.79 Å². The first kappa shape index (κ1) is 14.8. The zero-order chi connectivity index (χ0) is 14.3. The fraction of sp³-hybridized carbons (Fsp3) is 0.214. The van der Waals surface area contributed by atoms with Crippen LogP contribution in [0.5, 0.6) is 11.5 Å². The van der Waals surface area contributed by atoms with Crippen LogP contribution in [-0.4, -0.2) is 20.1 Å². The number of hydrogen-bond acceptors (Lipinski definition) is 3. The first-order valence-electron chi connectivity index (χ1n) is 5.64. The molecule has 0 aliphatic rings. The number of hydrogen-bond donors (Lipinski definition) is 1. The van der Waals surface area contributed by atoms with E-state index in [0.29, 0.717) is 5.75 Å². The molecule has 0 aliphatic carbocycles. The van der Waals surface area contributed by atoms with Crippen LogP contribution in [0.3, 0.4) is 0 Å². The summed E-state index contributed by atoms with van der Waals surface area (Å²) in [7, 11) is 2.85. The molecule has 0 aromatic heterocycles. The molecule has 1 N–H and O–H groups in total. The Morgan fingerprint density at radius 2 is 1.84 bits per heavy atom. The molecule has 1 rings (SSSR count). The van der Waals surface area contributed by atoms with Crippen molar-refractivity contribution in [2.45, 2.75) is 6.92 Å². The van der Waals surface area contributed by atoms with Crippen LogP contribution in [0.2, 0.25) is 0 Å². The Labute approximate surface area is 111 Å². The lowest BCUT2D eigenvalue weighted by molar-refractivity contribution is -0.111. The SMILES string of the molecule is C/C=C/C=C/C(=O)Nc1cc(OC)c(OC)cc1F. The molecular formula is C14H16FNO3. The molecule has 0 aliphatic heterocycles. The highest BCUT2D eigenvalue weighted by Gasteiger charge is 2.12. The third-order valence-corrected chi connectivity index (χ3v) is 2.28. The van der Waals surface area contributed by atoms with Gasteiger partial charge in [0, 0.05) is 18.2 Å². The van der Waals surface area contributed by atoms with E-state index in [0.717, 1.165) is 6.07 Å². The van der Waals surface area contributed by atoms with E-state index in [-0.39, 0.29) is 11.4 Å². The fourth-order valence-corrected chi connectivity index (χ4v) is 1.38. The summed E-state index contributed by atoms with van der Waals surface area (Å²) in [6.07, 6.45) is 6.34. The summed E-state index contributed by atoms with van der Waals surface area (Å²) in [5, 5.41) is 2.42. The maximum absolute atomic E-state index is 13.7. The topological polar surface area (TPSA) is 47.6 Å². The van der Waals surface area contributed by atoms with E-state index >= 15 is 0 Å². The second-order valence-electron chi connectivity index (χ2n) is 3.56. The van der Waals surface area contributed by atoms with E-state index in [2.05, 4.69) is 5.32 Å². The average Bonchev–Trinajstić information content (AvgIpc) is 2.40. The normalized spacial score (nSPS) is 10.9. The number of allylic oxidation sites excluding steroid dienone is 3. The monoisotopic (exact) mass is 265 g/mol. The third-order valence-electron chi connectivity index (χ3n) is 2.28. The summed E-state index contributed by atoms with van der Waals surface area (Å²) in [6.45, 7) is 1.83. The van der Waals surface area contributed by atoms with E-state index in [1.165, 1.54) is 26.4 Å². The molecule has 0 spiro atoms. The minimum atomic E-state index is -0.592. The van der Waals surface area contributed by atoms with Gasteiger partial charge < -0.3 is 14.8 Å². The van der Waals surface area contributed by atoms with Crippen molar-refractivity contribution in [2.75, 3.05) is 19.5 Å². The van der Waals surface area contributed by atoms with Crippen LogP contribution in [0.4, 0.5) is 10.1 Å². The van der Waals surface area contributed by atoms with Gasteiger partial charge in [0.1, 0.15) is 0 Å². The van der Waals surface area contributed by atoms with E-state index in [4.69, 9.17) is 9.47 Å². The first-order valence-corrected chi connectivity index (χ1v) is 5.64. The number of amides is 1. The summed E-state index contributed by atoms with van der Waals surface area (Å²) >= 11 is 0. The van der Waals surface area contributed by atoms with Crippen molar-refractivity contribution < 1.29 is 18.7 Å². The van der Waals surface area contributed by atoms with Crippen LogP contribution < -0.4 is 14.8 Å². The smallest absolute Gasteiger partial charge is 0.248 e. The number of benzene rings is 1. The predicted octanol–water partition coefficient (Wildman–Crippen LogP) is 2.91. The molecule has 0 atom stereocenters. The zero-order valence-corrected chi connectivity index (χ0v) is 11.1. The van der Waals surface area contributed by atoms with Gasteiger partial charge in [0.05, 0.1) is 19.9 Å². The summed E-state index contributed by atoms with van der Waals surface area (Å²) in [5.41, 5.74) is 0.0350. The van der Waals surface area contributed by atoms with Gasteiger partial charge in [-0.15, -0.1) is 0 Å². The van der Waals surface area contributed by atoms with Crippen molar-refractivity contribution >= 4 is 11.6 Å². The molecule has 0 bridgehead atoms. The minimum absolute atomic E-state index is 0.0350. The van der Waals surface area contributed by atoms with Crippen LogP contribution in [0, 0.1) is 5.82 Å². The Kier molecular flexibility index (Phi) is 5.60. The first-order chi connectivity index (χ1) is 9.12. The van der Waals surface area contributed by atoms with Crippen molar-refractivity contribution in [3.05, 3.63) is 42.3 Å². The van der Waals surface area contributed by atoms with E-state index < -0.39 is 11.7 Å². The van der Waals surface area contributed by atoms with Gasteiger partial charge in [-0.05, 0) is 6.92 Å². The van der Waals surface area contributed by atoms with Crippen molar-refractivity contribution in [1.29, 1.82) is 0 Å². The van der Waals surface area contributed by atoms with Crippen LogP contribution in [0.15, 0.2) is 36.4 Å². The number of nitrogens with one attached hydrogen (secondary N) is 1. The highest BCUT2D eigenvalue weighted by molar-refractivity contribution is 5.99. The molecule has 5 heteroatoms. The summed E-state index contributed by atoms with van der Waals surface area (Å²) in [5.74, 6) is -0.409. The number of anilines is 1. The number of rotatable bonds is 5. The second-order valence-corrected chi connectivity index (χ2v) is 3.56. The Morgan fingerprint density at radius 1 is 1.21 bits per heavy atom. The summed E-state index contributed by atoms with van der Waals surface area (Å²) in [6, 6.07) is 2.53. The Balaban J connectivity index is 2.92. The quantitative estimate of drug-likeness (QED) is 0.657. The lowest BCUT2D eigenvalue weighted by Crippen LogP contribution is -2.09. The number of methoxy groups -OCH3 is 2. The van der Waals surface area contributed by atoms with Crippen LogP contribution in [0.25, 0.3) is 0 Å². The van der Waals surface area contributed by atoms with Crippen molar-refractivity contribution in [3.8, 4) is 11.5 Å². The Bertz CT molecular complexity index is 510. The second kappa shape index (κ2) is 7.20. The van der Waals surface area contributed by atoms with Gasteiger partial charge in [0.2, 0.25) is 5.91 Å². The molecule has 102 valence electrons. The molecule has 1 aromatic rings. The van der Waals surface area contributed by atoms with Gasteiger partial charge in [0.25, 0.3) is 0 Å². The molecule has 1 amide bonds. The minimum Gasteiger partial charge on any atom is -0.493 e. The molecule has 0 saturated carbocycles. The van der Waals surface area contributed by atoms with Crippen LogP contribution in [0.1, 0.15) is 6.92 Å². The van der Waals surface area contributed by atoms with Gasteiger partial charge in [0.15, 0.2) is 17.3 Å². The number of carbonyl (C=O) groups excluding carboxylic acids is 1. The molecule has 4 nitrogen and oxygen atoms in total. The summed E-state index contributed by atoms with van der Waals surface area (Å²) < 4.78 is 23.7. The zero-order valence-electron chi connectivity index (χ0n) is 11.1. The van der Waals surface area contributed by atoms with E-state index in [9.17, 15) is 9.18 Å². The Hall–Kier alpha value is -2.30. The van der Waals surface area contributed by atoms with Crippen molar-refractivity contribution in [1.82, 2.24) is 0 Å². The van der Waals surface area contributed by atoms with Crippen molar-refractivity contribution in [3.63, 3.8) is 0 Å². The number of ether oxygens (including phenoxy) is 2. The third kappa shape index (κ3) is 4.13. The fourth-order valence-electron chi connectivity index (χ4n) is 1.38. The number of halogens is 1. The molecule has 0 saturated heterocycles. The average molecular weight is 265 g/mol. The largest absolute Gasteiger partial charge is 0.493 e. The van der Waals surface area contributed by atoms with Gasteiger partial charge in [-0.2, -0.15) is 0 Å². The van der Waals surface area contributed by atoms with Gasteiger partial charge in [-0.3, -0.25) is 4.79 Å². The van der Waals surface area contributed by atoms with Crippen LogP contribution >= 0.6 is 0 Å². The maximum Gasteiger partial charge on any atom is 0.248 e. The van der Waals surface area contributed by atoms with E-state index in [1.54, 1.807) is 18.2 Å². The number of carbonyl (C=O) groups is 1. The van der Waals surface area contributed by atoms with Crippen molar-refractivity contribution in [2.24, 2.45) is 0 Å². The van der Waals surface area contributed by atoms with E-state index in [1.807, 2.05) is 6.92 Å². The maximum atomic E-state index is 13.7. The molecule has 19 heavy (non-hydrogen) atoms. The molecule has 0 unspecified atom stereocenters. The molecule has 0 heterocycles. The molecule has 1 aromatic carbocycles. The molecule has 0 radical (unpaired) electrons. The summed E-state index contributed by atoms with van der Waals surface area (Å²) in [4.78, 5) is 11.5. The standard InChI is InChI=1S/C14H16FNO3/c1-4-5-6-7-14(17)16-11-9-13(19-3)12(18-2)8-10(11)15/h4-9H,1-3H3,(H,16,17)/b5-4+,7-6+. The van der Waals surface area contributed by atoms with Gasteiger partial charge >= 0.3 is 0 Å². The van der Waals surface area contributed by atoms with Gasteiger partial charge in [-0.25, -0.2) is 4.39 Å². The predicted molar refractivity (Wildman–Crippen MR) is 72.1 cm³/mol. The molecule has 0 fully saturated rings. The highest BCUT2D eigenvalue weighted by atomic mass is 19.1. The Morgan fingerprint density at radius 3 is 2.42 bits per heavy atom. The molecular weight excluding hydrogens is 249 g/mol. The lowest BCUT2D eigenvalue weighted by atomic mass is 10.2. The van der Waals surface area contributed by atoms with Gasteiger partial charge in [-0.1, -0.05) is 18.2 Å².